The van der Waals surface area contributed by atoms with Crippen LogP contribution in [0.4, 0.5) is 5.69 Å². The Balaban J connectivity index is 1.29. The van der Waals surface area contributed by atoms with Crippen molar-refractivity contribution in [2.45, 2.75) is 10.8 Å². The Morgan fingerprint density at radius 2 is 2.06 bits per heavy atom. The molecule has 0 bridgehead atoms. The molecule has 0 radical (unpaired) electrons. The molecule has 1 aromatic heterocycles. The lowest BCUT2D eigenvalue weighted by Gasteiger charge is -2.07. The molecule has 3 aromatic rings. The van der Waals surface area contributed by atoms with Gasteiger partial charge in [-0.15, -0.1) is 11.3 Å². The van der Waals surface area contributed by atoms with Gasteiger partial charge in [-0.25, -0.2) is 4.98 Å². The molecule has 10 heteroatoms. The number of nitrogens with one attached hydrogen (secondary N) is 1. The summed E-state index contributed by atoms with van der Waals surface area (Å²) in [6.45, 7) is 0.169. The number of carbonyl (C=O) groups is 2. The summed E-state index contributed by atoms with van der Waals surface area (Å²) in [6.07, 6.45) is 0.122. The maximum absolute atomic E-state index is 12.5. The van der Waals surface area contributed by atoms with E-state index in [9.17, 15) is 9.59 Å². The van der Waals surface area contributed by atoms with Crippen LogP contribution >= 0.6 is 34.7 Å². The monoisotopic (exact) mass is 476 g/mol. The summed E-state index contributed by atoms with van der Waals surface area (Å²) < 4.78 is 16.4. The summed E-state index contributed by atoms with van der Waals surface area (Å²) in [6, 6.07) is 10.2. The summed E-state index contributed by atoms with van der Waals surface area (Å²) in [7, 11) is 1.53. The van der Waals surface area contributed by atoms with Crippen molar-refractivity contribution in [2.24, 2.45) is 0 Å². The third kappa shape index (κ3) is 5.30. The normalized spacial score (nSPS) is 11.9. The molecule has 1 aliphatic heterocycles. The van der Waals surface area contributed by atoms with E-state index >= 15 is 0 Å². The van der Waals surface area contributed by atoms with Crippen molar-refractivity contribution in [3.8, 4) is 17.2 Å². The van der Waals surface area contributed by atoms with E-state index in [0.717, 1.165) is 4.34 Å². The van der Waals surface area contributed by atoms with Crippen molar-refractivity contribution in [1.29, 1.82) is 0 Å². The van der Waals surface area contributed by atoms with Crippen molar-refractivity contribution in [3.63, 3.8) is 0 Å². The summed E-state index contributed by atoms with van der Waals surface area (Å²) in [5, 5.41) is 5.02. The van der Waals surface area contributed by atoms with Crippen LogP contribution in [0.1, 0.15) is 16.1 Å². The van der Waals surface area contributed by atoms with Crippen molar-refractivity contribution >= 4 is 52.1 Å². The van der Waals surface area contributed by atoms with Gasteiger partial charge in [0.25, 0.3) is 0 Å². The number of methoxy groups -OCH3 is 1. The molecule has 1 amide bonds. The molecule has 2 aromatic carbocycles. The molecular formula is C21H17ClN2O5S2. The number of anilines is 1. The molecule has 1 N–H and O–H groups in total. The molecule has 2 heterocycles. The van der Waals surface area contributed by atoms with E-state index in [2.05, 4.69) is 10.3 Å². The zero-order valence-electron chi connectivity index (χ0n) is 16.3. The molecule has 0 fully saturated rings. The Kier molecular flexibility index (Phi) is 6.64. The fraction of sp³-hybridized carbons (Fsp3) is 0.190. The van der Waals surface area contributed by atoms with Gasteiger partial charge in [0.1, 0.15) is 5.75 Å². The van der Waals surface area contributed by atoms with Gasteiger partial charge in [-0.2, -0.15) is 0 Å². The third-order valence-corrected chi connectivity index (χ3v) is 6.69. The van der Waals surface area contributed by atoms with Gasteiger partial charge in [-0.05, 0) is 36.4 Å². The fourth-order valence-electron chi connectivity index (χ4n) is 2.83. The lowest BCUT2D eigenvalue weighted by Crippen LogP contribution is -2.14. The van der Waals surface area contributed by atoms with Crippen LogP contribution in [0.25, 0.3) is 0 Å². The number of rotatable bonds is 8. The fourth-order valence-corrected chi connectivity index (χ4v) is 4.83. The van der Waals surface area contributed by atoms with Gasteiger partial charge in [0.2, 0.25) is 12.7 Å². The highest BCUT2D eigenvalue weighted by atomic mass is 35.5. The number of thioether (sulfide) groups is 1. The first-order valence-corrected chi connectivity index (χ1v) is 11.4. The molecule has 0 saturated heterocycles. The van der Waals surface area contributed by atoms with Crippen LogP contribution in [0, 0.1) is 0 Å². The first-order chi connectivity index (χ1) is 15.0. The van der Waals surface area contributed by atoms with E-state index in [-0.39, 0.29) is 30.7 Å². The number of fused-ring (bicyclic) bond motifs is 1. The second-order valence-electron chi connectivity index (χ2n) is 6.46. The van der Waals surface area contributed by atoms with E-state index in [1.807, 2.05) is 5.38 Å². The number of benzene rings is 2. The number of hydrogen-bond acceptors (Lipinski definition) is 8. The molecule has 0 spiro atoms. The average Bonchev–Trinajstić information content (AvgIpc) is 3.40. The Hall–Kier alpha value is -2.75. The van der Waals surface area contributed by atoms with E-state index in [4.69, 9.17) is 25.8 Å². The van der Waals surface area contributed by atoms with E-state index in [1.165, 1.54) is 30.2 Å². The minimum absolute atomic E-state index is 0.0332. The molecule has 1 aliphatic rings. The van der Waals surface area contributed by atoms with Crippen molar-refractivity contribution in [2.75, 3.05) is 25.0 Å². The van der Waals surface area contributed by atoms with Gasteiger partial charge in [-0.3, -0.25) is 9.59 Å². The van der Waals surface area contributed by atoms with Crippen molar-refractivity contribution in [3.05, 3.63) is 58.1 Å². The summed E-state index contributed by atoms with van der Waals surface area (Å²) in [5.41, 5.74) is 1.78. The van der Waals surface area contributed by atoms with Crippen LogP contribution in [0.5, 0.6) is 17.2 Å². The van der Waals surface area contributed by atoms with Crippen LogP contribution in [-0.2, 0) is 11.2 Å². The zero-order valence-corrected chi connectivity index (χ0v) is 18.7. The number of thiazole rings is 1. The highest BCUT2D eigenvalue weighted by Gasteiger charge is 2.17. The molecular weight excluding hydrogens is 460 g/mol. The van der Waals surface area contributed by atoms with Crippen molar-refractivity contribution < 1.29 is 23.8 Å². The molecule has 7 nitrogen and oxygen atoms in total. The minimum Gasteiger partial charge on any atom is -0.495 e. The third-order valence-electron chi connectivity index (χ3n) is 4.33. The van der Waals surface area contributed by atoms with Gasteiger partial charge in [0.15, 0.2) is 21.6 Å². The van der Waals surface area contributed by atoms with Gasteiger partial charge >= 0.3 is 0 Å². The number of Topliss-reactive ketones (excluding diaryl/α,β-unsaturated/α-hetero) is 1. The number of halogens is 1. The molecule has 0 atom stereocenters. The molecule has 0 unspecified atom stereocenters. The van der Waals surface area contributed by atoms with Crippen LogP contribution in [0.3, 0.4) is 0 Å². The lowest BCUT2D eigenvalue weighted by atomic mass is 10.1. The van der Waals surface area contributed by atoms with E-state index in [0.29, 0.717) is 39.2 Å². The van der Waals surface area contributed by atoms with Gasteiger partial charge in [0.05, 0.1) is 30.0 Å². The van der Waals surface area contributed by atoms with Crippen LogP contribution in [0.15, 0.2) is 46.1 Å². The minimum atomic E-state index is -0.209. The number of amides is 1. The predicted molar refractivity (Wildman–Crippen MR) is 120 cm³/mol. The van der Waals surface area contributed by atoms with E-state index in [1.54, 1.807) is 36.4 Å². The maximum atomic E-state index is 12.5. The maximum Gasteiger partial charge on any atom is 0.231 e. The number of aromatic nitrogens is 1. The highest BCUT2D eigenvalue weighted by Crippen LogP contribution is 2.33. The second-order valence-corrected chi connectivity index (χ2v) is 8.95. The Morgan fingerprint density at radius 1 is 1.23 bits per heavy atom. The molecule has 0 aliphatic carbocycles. The first-order valence-electron chi connectivity index (χ1n) is 9.15. The Bertz CT molecular complexity index is 1130. The Labute approximate surface area is 191 Å². The summed E-state index contributed by atoms with van der Waals surface area (Å²) >= 11 is 8.82. The van der Waals surface area contributed by atoms with Gasteiger partial charge in [0, 0.05) is 16.6 Å². The number of nitrogens with zero attached hydrogens (tertiary/aromatic N) is 1. The quantitative estimate of drug-likeness (QED) is 0.372. The second kappa shape index (κ2) is 9.59. The predicted octanol–water partition coefficient (Wildman–Crippen LogP) is 4.69. The summed E-state index contributed by atoms with van der Waals surface area (Å²) in [5.74, 6) is 1.76. The average molecular weight is 477 g/mol. The SMILES string of the molecule is COc1ccc(NC(=O)Cc2csc(SCC(=O)c3ccc4c(c3)OCO4)n2)cc1Cl. The van der Waals surface area contributed by atoms with Gasteiger partial charge in [-0.1, -0.05) is 23.4 Å². The van der Waals surface area contributed by atoms with Gasteiger partial charge < -0.3 is 19.5 Å². The molecule has 31 heavy (non-hydrogen) atoms. The highest BCUT2D eigenvalue weighted by molar-refractivity contribution is 8.01. The largest absolute Gasteiger partial charge is 0.495 e. The molecule has 4 rings (SSSR count). The Morgan fingerprint density at radius 3 is 2.87 bits per heavy atom. The summed E-state index contributed by atoms with van der Waals surface area (Å²) in [4.78, 5) is 29.2. The smallest absolute Gasteiger partial charge is 0.231 e. The van der Waals surface area contributed by atoms with Crippen LogP contribution < -0.4 is 19.5 Å². The topological polar surface area (TPSA) is 86.8 Å². The van der Waals surface area contributed by atoms with Crippen LogP contribution in [-0.4, -0.2) is 36.3 Å². The molecule has 0 saturated carbocycles. The standard InChI is InChI=1S/C21H17ClN2O5S2/c1-27-17-5-3-13(7-15(17)22)23-20(26)8-14-9-30-21(24-14)31-10-16(25)12-2-4-18-19(6-12)29-11-28-18/h2-7,9H,8,10-11H2,1H3,(H,23,26). The lowest BCUT2D eigenvalue weighted by molar-refractivity contribution is -0.115. The number of ether oxygens (including phenoxy) is 3. The number of hydrogen-bond donors (Lipinski definition) is 1. The number of ketones is 1. The zero-order chi connectivity index (χ0) is 21.8. The number of carbonyl (C=O) groups excluding carboxylic acids is 2. The molecule has 160 valence electrons. The van der Waals surface area contributed by atoms with Crippen LogP contribution in [0.2, 0.25) is 5.02 Å². The van der Waals surface area contributed by atoms with E-state index < -0.39 is 0 Å². The first kappa shape index (κ1) is 21.5. The van der Waals surface area contributed by atoms with Crippen molar-refractivity contribution in [1.82, 2.24) is 4.98 Å².